The maximum absolute atomic E-state index is 12.2. The Hall–Kier alpha value is -1.98. The first-order valence-electron chi connectivity index (χ1n) is 10.0. The Bertz CT molecular complexity index is 778. The summed E-state index contributed by atoms with van der Waals surface area (Å²) in [7, 11) is 0. The van der Waals surface area contributed by atoms with Crippen LogP contribution in [0.15, 0.2) is 42.7 Å². The SMILES string of the molecule is O=C(CCCCOc1ccc(Cl)cc1)NC1CCC(Oc2cncc(Cl)c2)CC1. The van der Waals surface area contributed by atoms with Gasteiger partial charge in [0, 0.05) is 29.7 Å². The highest BCUT2D eigenvalue weighted by molar-refractivity contribution is 6.30. The van der Waals surface area contributed by atoms with E-state index in [1.165, 1.54) is 0 Å². The molecule has 0 aliphatic heterocycles. The van der Waals surface area contributed by atoms with Gasteiger partial charge in [-0.3, -0.25) is 9.78 Å². The van der Waals surface area contributed by atoms with Crippen LogP contribution < -0.4 is 14.8 Å². The molecular weight excluding hydrogens is 411 g/mol. The predicted octanol–water partition coefficient (Wildman–Crippen LogP) is 5.44. The van der Waals surface area contributed by atoms with Gasteiger partial charge in [-0.05, 0) is 62.8 Å². The summed E-state index contributed by atoms with van der Waals surface area (Å²) in [5.41, 5.74) is 0. The van der Waals surface area contributed by atoms with Crippen LogP contribution in [-0.2, 0) is 4.79 Å². The highest BCUT2D eigenvalue weighted by atomic mass is 35.5. The number of benzene rings is 1. The molecule has 0 bridgehead atoms. The second kappa shape index (κ2) is 11.3. The summed E-state index contributed by atoms with van der Waals surface area (Å²) >= 11 is 11.8. The summed E-state index contributed by atoms with van der Waals surface area (Å²) in [6.07, 6.45) is 9.24. The van der Waals surface area contributed by atoms with Crippen LogP contribution in [0.5, 0.6) is 11.5 Å². The first-order chi connectivity index (χ1) is 14.1. The van der Waals surface area contributed by atoms with Crippen molar-refractivity contribution in [2.75, 3.05) is 6.61 Å². The average molecular weight is 437 g/mol. The zero-order valence-electron chi connectivity index (χ0n) is 16.3. The highest BCUT2D eigenvalue weighted by Gasteiger charge is 2.23. The first-order valence-corrected chi connectivity index (χ1v) is 10.8. The van der Waals surface area contributed by atoms with Crippen LogP contribution in [-0.4, -0.2) is 29.6 Å². The summed E-state index contributed by atoms with van der Waals surface area (Å²) in [6.45, 7) is 0.593. The van der Waals surface area contributed by atoms with E-state index >= 15 is 0 Å². The lowest BCUT2D eigenvalue weighted by atomic mass is 9.92. The van der Waals surface area contributed by atoms with Crippen molar-refractivity contribution < 1.29 is 14.3 Å². The van der Waals surface area contributed by atoms with Gasteiger partial charge in [0.05, 0.1) is 23.9 Å². The van der Waals surface area contributed by atoms with Crippen molar-refractivity contribution in [3.8, 4) is 11.5 Å². The molecule has 7 heteroatoms. The third kappa shape index (κ3) is 7.75. The van der Waals surface area contributed by atoms with E-state index in [-0.39, 0.29) is 18.1 Å². The van der Waals surface area contributed by atoms with Gasteiger partial charge in [0.2, 0.25) is 5.91 Å². The number of carbonyl (C=O) groups is 1. The third-order valence-corrected chi connectivity index (χ3v) is 5.36. The zero-order chi connectivity index (χ0) is 20.5. The molecule has 0 radical (unpaired) electrons. The van der Waals surface area contributed by atoms with Crippen molar-refractivity contribution in [2.45, 2.75) is 57.1 Å². The Kier molecular flexibility index (Phi) is 8.44. The van der Waals surface area contributed by atoms with Crippen LogP contribution in [0.3, 0.4) is 0 Å². The number of ether oxygens (including phenoxy) is 2. The number of rotatable bonds is 9. The van der Waals surface area contributed by atoms with Gasteiger partial charge in [-0.2, -0.15) is 0 Å². The maximum Gasteiger partial charge on any atom is 0.220 e. The van der Waals surface area contributed by atoms with Crippen molar-refractivity contribution in [1.29, 1.82) is 0 Å². The largest absolute Gasteiger partial charge is 0.494 e. The fraction of sp³-hybridized carbons (Fsp3) is 0.455. The maximum atomic E-state index is 12.2. The molecule has 1 aromatic heterocycles. The summed E-state index contributed by atoms with van der Waals surface area (Å²) < 4.78 is 11.6. The topological polar surface area (TPSA) is 60.5 Å². The van der Waals surface area contributed by atoms with E-state index in [1.54, 1.807) is 30.6 Å². The molecule has 1 fully saturated rings. The van der Waals surface area contributed by atoms with Gasteiger partial charge < -0.3 is 14.8 Å². The van der Waals surface area contributed by atoms with Crippen LogP contribution in [0.2, 0.25) is 10.0 Å². The molecule has 156 valence electrons. The molecule has 1 amide bonds. The molecule has 2 aromatic rings. The van der Waals surface area contributed by atoms with E-state index in [0.29, 0.717) is 28.8 Å². The van der Waals surface area contributed by atoms with E-state index < -0.39 is 0 Å². The molecule has 0 spiro atoms. The number of unbranched alkanes of at least 4 members (excludes halogenated alkanes) is 1. The molecule has 0 saturated heterocycles. The van der Waals surface area contributed by atoms with E-state index in [9.17, 15) is 4.79 Å². The highest BCUT2D eigenvalue weighted by Crippen LogP contribution is 2.25. The minimum Gasteiger partial charge on any atom is -0.494 e. The summed E-state index contributed by atoms with van der Waals surface area (Å²) in [5.74, 6) is 1.61. The molecule has 0 unspecified atom stereocenters. The Labute approximate surface area is 181 Å². The molecule has 1 aromatic carbocycles. The second-order valence-corrected chi connectivity index (χ2v) is 8.13. The van der Waals surface area contributed by atoms with Gasteiger partial charge in [0.1, 0.15) is 11.5 Å². The van der Waals surface area contributed by atoms with Crippen LogP contribution >= 0.6 is 23.2 Å². The molecule has 1 heterocycles. The second-order valence-electron chi connectivity index (χ2n) is 7.26. The van der Waals surface area contributed by atoms with Gasteiger partial charge in [0.25, 0.3) is 0 Å². The van der Waals surface area contributed by atoms with Crippen molar-refractivity contribution in [3.63, 3.8) is 0 Å². The van der Waals surface area contributed by atoms with Crippen LogP contribution in [0.4, 0.5) is 0 Å². The number of aromatic nitrogens is 1. The molecule has 1 aliphatic carbocycles. The van der Waals surface area contributed by atoms with Crippen LogP contribution in [0, 0.1) is 0 Å². The van der Waals surface area contributed by atoms with Crippen LogP contribution in [0.25, 0.3) is 0 Å². The quantitative estimate of drug-likeness (QED) is 0.531. The van der Waals surface area contributed by atoms with Crippen molar-refractivity contribution in [2.24, 2.45) is 0 Å². The number of hydrogen-bond acceptors (Lipinski definition) is 4. The van der Waals surface area contributed by atoms with Gasteiger partial charge >= 0.3 is 0 Å². The van der Waals surface area contributed by atoms with Crippen LogP contribution in [0.1, 0.15) is 44.9 Å². The number of carbonyl (C=O) groups excluding carboxylic acids is 1. The predicted molar refractivity (Wildman–Crippen MR) is 115 cm³/mol. The Morgan fingerprint density at radius 3 is 2.48 bits per heavy atom. The number of nitrogens with one attached hydrogen (secondary N) is 1. The Balaban J connectivity index is 1.26. The third-order valence-electron chi connectivity index (χ3n) is 4.90. The van der Waals surface area contributed by atoms with E-state index in [2.05, 4.69) is 10.3 Å². The molecule has 1 aliphatic rings. The van der Waals surface area contributed by atoms with E-state index in [0.717, 1.165) is 44.3 Å². The first kappa shape index (κ1) is 21.7. The Morgan fingerprint density at radius 2 is 1.76 bits per heavy atom. The summed E-state index contributed by atoms with van der Waals surface area (Å²) in [6, 6.07) is 9.30. The lowest BCUT2D eigenvalue weighted by Gasteiger charge is -2.29. The van der Waals surface area contributed by atoms with Gasteiger partial charge in [-0.15, -0.1) is 0 Å². The molecule has 0 atom stereocenters. The monoisotopic (exact) mass is 436 g/mol. The number of halogens is 2. The molecule has 3 rings (SSSR count). The van der Waals surface area contributed by atoms with E-state index in [1.807, 2.05) is 12.1 Å². The fourth-order valence-electron chi connectivity index (χ4n) is 3.38. The number of hydrogen-bond donors (Lipinski definition) is 1. The average Bonchev–Trinajstić information content (AvgIpc) is 2.71. The van der Waals surface area contributed by atoms with E-state index in [4.69, 9.17) is 32.7 Å². The van der Waals surface area contributed by atoms with Crippen molar-refractivity contribution in [3.05, 3.63) is 52.8 Å². The lowest BCUT2D eigenvalue weighted by molar-refractivity contribution is -0.122. The minimum atomic E-state index is 0.111. The lowest BCUT2D eigenvalue weighted by Crippen LogP contribution is -2.39. The number of pyridine rings is 1. The summed E-state index contributed by atoms with van der Waals surface area (Å²) in [5, 5.41) is 4.41. The normalized spacial score (nSPS) is 18.8. The molecule has 29 heavy (non-hydrogen) atoms. The number of nitrogens with zero attached hydrogens (tertiary/aromatic N) is 1. The van der Waals surface area contributed by atoms with Gasteiger partial charge in [-0.25, -0.2) is 0 Å². The molecule has 5 nitrogen and oxygen atoms in total. The molecule has 1 saturated carbocycles. The van der Waals surface area contributed by atoms with Gasteiger partial charge in [-0.1, -0.05) is 23.2 Å². The van der Waals surface area contributed by atoms with Gasteiger partial charge in [0.15, 0.2) is 0 Å². The minimum absolute atomic E-state index is 0.111. The molecular formula is C22H26Cl2N2O3. The standard InChI is InChI=1S/C22H26Cl2N2O3/c23-16-4-8-19(9-5-16)28-12-2-1-3-22(27)26-18-6-10-20(11-7-18)29-21-13-17(24)14-25-15-21/h4-5,8-9,13-15,18,20H,1-3,6-7,10-12H2,(H,26,27). The summed E-state index contributed by atoms with van der Waals surface area (Å²) in [4.78, 5) is 16.2. The Morgan fingerprint density at radius 1 is 1.00 bits per heavy atom. The zero-order valence-corrected chi connectivity index (χ0v) is 17.8. The number of amides is 1. The van der Waals surface area contributed by atoms with Crippen molar-refractivity contribution >= 4 is 29.1 Å². The molecule has 1 N–H and O–H groups in total. The fourth-order valence-corrected chi connectivity index (χ4v) is 3.67. The van der Waals surface area contributed by atoms with Crippen molar-refractivity contribution in [1.82, 2.24) is 10.3 Å². The smallest absolute Gasteiger partial charge is 0.220 e.